The predicted octanol–water partition coefficient (Wildman–Crippen LogP) is 1.45. The van der Waals surface area contributed by atoms with Crippen LogP contribution in [0.3, 0.4) is 0 Å². The van der Waals surface area contributed by atoms with Crippen LogP contribution in [-0.2, 0) is 6.42 Å². The van der Waals surface area contributed by atoms with Crippen molar-refractivity contribution in [1.29, 1.82) is 0 Å². The summed E-state index contributed by atoms with van der Waals surface area (Å²) >= 11 is 0. The van der Waals surface area contributed by atoms with Crippen LogP contribution in [0.2, 0.25) is 0 Å². The Bertz CT molecular complexity index is 381. The second-order valence-corrected chi connectivity index (χ2v) is 4.78. The monoisotopic (exact) mass is 250 g/mol. The maximum absolute atomic E-state index is 9.57. The summed E-state index contributed by atoms with van der Waals surface area (Å²) in [7, 11) is 0. The molecule has 0 aliphatic rings. The number of aliphatic hydroxyl groups is 3. The lowest BCUT2D eigenvalue weighted by molar-refractivity contribution is 0.0568. The van der Waals surface area contributed by atoms with E-state index in [1.54, 1.807) is 6.08 Å². The molecule has 3 N–H and O–H groups in total. The Kier molecular flexibility index (Phi) is 6.05. The number of aliphatic hydroxyl groups excluding tert-OH is 3. The zero-order valence-electron chi connectivity index (χ0n) is 10.8. The fraction of sp³-hybridized carbons (Fsp3) is 0.467. The molecule has 0 spiro atoms. The van der Waals surface area contributed by atoms with E-state index in [1.165, 1.54) is 0 Å². The average Bonchev–Trinajstić information content (AvgIpc) is 2.40. The van der Waals surface area contributed by atoms with Gasteiger partial charge in [-0.2, -0.15) is 0 Å². The average molecular weight is 250 g/mol. The SMILES string of the molecule is Cc1ccccc1CC(CO)(CO)C/C=C/CO. The summed E-state index contributed by atoms with van der Waals surface area (Å²) in [5.74, 6) is 0. The van der Waals surface area contributed by atoms with Gasteiger partial charge in [-0.3, -0.25) is 0 Å². The summed E-state index contributed by atoms with van der Waals surface area (Å²) in [5.41, 5.74) is 1.74. The highest BCUT2D eigenvalue weighted by Gasteiger charge is 2.28. The van der Waals surface area contributed by atoms with E-state index in [4.69, 9.17) is 5.11 Å². The summed E-state index contributed by atoms with van der Waals surface area (Å²) in [6, 6.07) is 7.99. The van der Waals surface area contributed by atoms with Gasteiger partial charge < -0.3 is 15.3 Å². The van der Waals surface area contributed by atoms with Gasteiger partial charge in [0.25, 0.3) is 0 Å². The van der Waals surface area contributed by atoms with Crippen LogP contribution in [0.15, 0.2) is 36.4 Å². The van der Waals surface area contributed by atoms with Crippen molar-refractivity contribution in [3.05, 3.63) is 47.5 Å². The Balaban J connectivity index is 2.85. The normalized spacial score (nSPS) is 12.2. The molecule has 0 bridgehead atoms. The molecule has 0 unspecified atom stereocenters. The molecule has 1 rings (SSSR count). The molecule has 0 radical (unpaired) electrons. The van der Waals surface area contributed by atoms with Gasteiger partial charge in [0.15, 0.2) is 0 Å². The van der Waals surface area contributed by atoms with Crippen LogP contribution in [-0.4, -0.2) is 35.1 Å². The molecule has 3 nitrogen and oxygen atoms in total. The summed E-state index contributed by atoms with van der Waals surface area (Å²) in [5, 5.41) is 27.9. The largest absolute Gasteiger partial charge is 0.396 e. The van der Waals surface area contributed by atoms with Crippen LogP contribution in [0.5, 0.6) is 0 Å². The van der Waals surface area contributed by atoms with Gasteiger partial charge in [0, 0.05) is 5.41 Å². The molecule has 0 aliphatic carbocycles. The lowest BCUT2D eigenvalue weighted by Gasteiger charge is -2.29. The van der Waals surface area contributed by atoms with Crippen LogP contribution >= 0.6 is 0 Å². The van der Waals surface area contributed by atoms with E-state index in [0.717, 1.165) is 11.1 Å². The van der Waals surface area contributed by atoms with E-state index in [0.29, 0.717) is 12.8 Å². The van der Waals surface area contributed by atoms with Gasteiger partial charge in [0.2, 0.25) is 0 Å². The van der Waals surface area contributed by atoms with E-state index in [9.17, 15) is 10.2 Å². The molecule has 1 aromatic carbocycles. The van der Waals surface area contributed by atoms with Gasteiger partial charge >= 0.3 is 0 Å². The zero-order chi connectivity index (χ0) is 13.4. The van der Waals surface area contributed by atoms with Crippen LogP contribution < -0.4 is 0 Å². The third-order valence-electron chi connectivity index (χ3n) is 3.32. The number of allylic oxidation sites excluding steroid dienone is 1. The second kappa shape index (κ2) is 7.31. The Hall–Kier alpha value is -1.16. The van der Waals surface area contributed by atoms with Gasteiger partial charge in [0.1, 0.15) is 0 Å². The number of aryl methyl sites for hydroxylation is 1. The van der Waals surface area contributed by atoms with Crippen molar-refractivity contribution >= 4 is 0 Å². The van der Waals surface area contributed by atoms with Crippen molar-refractivity contribution in [1.82, 2.24) is 0 Å². The second-order valence-electron chi connectivity index (χ2n) is 4.78. The molecule has 0 saturated heterocycles. The quantitative estimate of drug-likeness (QED) is 0.642. The van der Waals surface area contributed by atoms with E-state index in [2.05, 4.69) is 0 Å². The number of rotatable bonds is 7. The topological polar surface area (TPSA) is 60.7 Å². The molecule has 0 aliphatic heterocycles. The van der Waals surface area contributed by atoms with Gasteiger partial charge in [-0.25, -0.2) is 0 Å². The number of hydrogen-bond acceptors (Lipinski definition) is 3. The Morgan fingerprint density at radius 3 is 2.28 bits per heavy atom. The third kappa shape index (κ3) is 3.95. The molecule has 0 fully saturated rings. The highest BCUT2D eigenvalue weighted by molar-refractivity contribution is 5.27. The first-order valence-corrected chi connectivity index (χ1v) is 6.19. The summed E-state index contributed by atoms with van der Waals surface area (Å²) in [4.78, 5) is 0. The molecule has 0 atom stereocenters. The predicted molar refractivity (Wildman–Crippen MR) is 72.3 cm³/mol. The van der Waals surface area contributed by atoms with Gasteiger partial charge in [-0.1, -0.05) is 36.4 Å². The van der Waals surface area contributed by atoms with Crippen LogP contribution in [0.25, 0.3) is 0 Å². The standard InChI is InChI=1S/C15H22O3/c1-13-6-2-3-7-14(13)10-15(11-17,12-18)8-4-5-9-16/h2-7,16-18H,8-12H2,1H3/b5-4+. The van der Waals surface area contributed by atoms with Gasteiger partial charge in [-0.15, -0.1) is 0 Å². The molecule has 0 heterocycles. The molecule has 1 aromatic rings. The highest BCUT2D eigenvalue weighted by atomic mass is 16.3. The lowest BCUT2D eigenvalue weighted by atomic mass is 9.79. The smallest absolute Gasteiger partial charge is 0.0612 e. The van der Waals surface area contributed by atoms with Gasteiger partial charge in [-0.05, 0) is 30.9 Å². The molecular weight excluding hydrogens is 228 g/mol. The fourth-order valence-electron chi connectivity index (χ4n) is 1.98. The summed E-state index contributed by atoms with van der Waals surface area (Å²) in [6.07, 6.45) is 4.62. The van der Waals surface area contributed by atoms with E-state index in [1.807, 2.05) is 37.3 Å². The molecule has 18 heavy (non-hydrogen) atoms. The first-order valence-electron chi connectivity index (χ1n) is 6.19. The summed E-state index contributed by atoms with van der Waals surface area (Å²) in [6.45, 7) is 1.86. The van der Waals surface area contributed by atoms with E-state index < -0.39 is 5.41 Å². The van der Waals surface area contributed by atoms with Crippen molar-refractivity contribution in [2.45, 2.75) is 19.8 Å². The van der Waals surface area contributed by atoms with E-state index in [-0.39, 0.29) is 19.8 Å². The minimum Gasteiger partial charge on any atom is -0.396 e. The van der Waals surface area contributed by atoms with Crippen molar-refractivity contribution < 1.29 is 15.3 Å². The lowest BCUT2D eigenvalue weighted by Crippen LogP contribution is -2.32. The van der Waals surface area contributed by atoms with Crippen molar-refractivity contribution in [2.24, 2.45) is 5.41 Å². The minimum atomic E-state index is -0.558. The van der Waals surface area contributed by atoms with Crippen LogP contribution in [0.4, 0.5) is 0 Å². The Morgan fingerprint density at radius 2 is 1.72 bits per heavy atom. The first-order chi connectivity index (χ1) is 8.67. The Morgan fingerprint density at radius 1 is 1.06 bits per heavy atom. The van der Waals surface area contributed by atoms with Crippen LogP contribution in [0, 0.1) is 12.3 Å². The summed E-state index contributed by atoms with van der Waals surface area (Å²) < 4.78 is 0. The van der Waals surface area contributed by atoms with Crippen molar-refractivity contribution in [3.8, 4) is 0 Å². The maximum Gasteiger partial charge on any atom is 0.0612 e. The van der Waals surface area contributed by atoms with Crippen molar-refractivity contribution in [3.63, 3.8) is 0 Å². The Labute approximate surface area is 108 Å². The van der Waals surface area contributed by atoms with Gasteiger partial charge in [0.05, 0.1) is 19.8 Å². The third-order valence-corrected chi connectivity index (χ3v) is 3.32. The maximum atomic E-state index is 9.57. The molecule has 0 amide bonds. The zero-order valence-corrected chi connectivity index (χ0v) is 10.8. The fourth-order valence-corrected chi connectivity index (χ4v) is 1.98. The first kappa shape index (κ1) is 14.9. The highest BCUT2D eigenvalue weighted by Crippen LogP contribution is 2.28. The number of hydrogen-bond donors (Lipinski definition) is 3. The van der Waals surface area contributed by atoms with E-state index >= 15 is 0 Å². The molecule has 0 aromatic heterocycles. The van der Waals surface area contributed by atoms with Crippen molar-refractivity contribution in [2.75, 3.05) is 19.8 Å². The minimum absolute atomic E-state index is 0.0166. The number of benzene rings is 1. The molecule has 100 valence electrons. The molecular formula is C15H22O3. The molecule has 0 saturated carbocycles. The van der Waals surface area contributed by atoms with Crippen LogP contribution in [0.1, 0.15) is 17.5 Å². The molecule has 3 heteroatoms.